The van der Waals surface area contributed by atoms with E-state index in [1.54, 1.807) is 0 Å². The number of hydrogen-bond acceptors (Lipinski definition) is 2. The zero-order valence-electron chi connectivity index (χ0n) is 9.20. The molecule has 0 amide bonds. The van der Waals surface area contributed by atoms with E-state index < -0.39 is 4.87 Å². The first-order valence-electron chi connectivity index (χ1n) is 5.13. The Labute approximate surface area is 96.3 Å². The summed E-state index contributed by atoms with van der Waals surface area (Å²) in [6.07, 6.45) is 0. The van der Waals surface area contributed by atoms with Crippen LogP contribution in [0, 0.1) is 0 Å². The SMILES string of the molecule is C[C@@H](NCC(C)(Cl)CO)c1ccccc1. The molecule has 0 bridgehead atoms. The van der Waals surface area contributed by atoms with Crippen molar-refractivity contribution in [2.45, 2.75) is 24.8 Å². The number of aliphatic hydroxyl groups excluding tert-OH is 1. The van der Waals surface area contributed by atoms with Crippen LogP contribution in [0.2, 0.25) is 0 Å². The average molecular weight is 228 g/mol. The van der Waals surface area contributed by atoms with Gasteiger partial charge in [0.1, 0.15) is 0 Å². The van der Waals surface area contributed by atoms with Gasteiger partial charge < -0.3 is 10.4 Å². The van der Waals surface area contributed by atoms with Gasteiger partial charge in [-0.25, -0.2) is 0 Å². The molecule has 0 aliphatic carbocycles. The van der Waals surface area contributed by atoms with E-state index in [2.05, 4.69) is 24.4 Å². The first-order chi connectivity index (χ1) is 7.05. The summed E-state index contributed by atoms with van der Waals surface area (Å²) in [7, 11) is 0. The predicted molar refractivity (Wildman–Crippen MR) is 64.2 cm³/mol. The fourth-order valence-electron chi connectivity index (χ4n) is 1.28. The summed E-state index contributed by atoms with van der Waals surface area (Å²) in [5.74, 6) is 0. The van der Waals surface area contributed by atoms with Crippen LogP contribution in [-0.4, -0.2) is 23.1 Å². The molecule has 2 atom stereocenters. The van der Waals surface area contributed by atoms with E-state index in [0.29, 0.717) is 6.54 Å². The van der Waals surface area contributed by atoms with Crippen molar-refractivity contribution < 1.29 is 5.11 Å². The van der Waals surface area contributed by atoms with Gasteiger partial charge in [0.2, 0.25) is 0 Å². The van der Waals surface area contributed by atoms with Crippen LogP contribution in [0.4, 0.5) is 0 Å². The summed E-state index contributed by atoms with van der Waals surface area (Å²) in [5, 5.41) is 12.3. The largest absolute Gasteiger partial charge is 0.395 e. The smallest absolute Gasteiger partial charge is 0.0772 e. The van der Waals surface area contributed by atoms with E-state index in [9.17, 15) is 0 Å². The van der Waals surface area contributed by atoms with Gasteiger partial charge in [-0.2, -0.15) is 0 Å². The summed E-state index contributed by atoms with van der Waals surface area (Å²) in [5.41, 5.74) is 1.22. The Morgan fingerprint density at radius 3 is 2.53 bits per heavy atom. The van der Waals surface area contributed by atoms with Crippen LogP contribution in [0.15, 0.2) is 30.3 Å². The molecule has 0 spiro atoms. The normalized spacial score (nSPS) is 17.1. The van der Waals surface area contributed by atoms with E-state index in [1.807, 2.05) is 25.1 Å². The highest BCUT2D eigenvalue weighted by Crippen LogP contribution is 2.15. The third kappa shape index (κ3) is 4.20. The van der Waals surface area contributed by atoms with E-state index in [4.69, 9.17) is 16.7 Å². The van der Waals surface area contributed by atoms with Crippen molar-refractivity contribution in [2.24, 2.45) is 0 Å². The lowest BCUT2D eigenvalue weighted by atomic mass is 10.1. The van der Waals surface area contributed by atoms with E-state index in [0.717, 1.165) is 0 Å². The van der Waals surface area contributed by atoms with Crippen molar-refractivity contribution in [3.05, 3.63) is 35.9 Å². The second-order valence-corrected chi connectivity index (χ2v) is 5.00. The van der Waals surface area contributed by atoms with Crippen LogP contribution in [0.25, 0.3) is 0 Å². The topological polar surface area (TPSA) is 32.3 Å². The van der Waals surface area contributed by atoms with Gasteiger partial charge in [-0.1, -0.05) is 30.3 Å². The molecular weight excluding hydrogens is 210 g/mol. The van der Waals surface area contributed by atoms with Crippen molar-refractivity contribution >= 4 is 11.6 Å². The second kappa shape index (κ2) is 5.50. The first kappa shape index (κ1) is 12.5. The lowest BCUT2D eigenvalue weighted by Gasteiger charge is -2.23. The zero-order chi connectivity index (χ0) is 11.3. The maximum absolute atomic E-state index is 9.01. The molecule has 0 fully saturated rings. The van der Waals surface area contributed by atoms with Crippen molar-refractivity contribution in [2.75, 3.05) is 13.2 Å². The van der Waals surface area contributed by atoms with Crippen molar-refractivity contribution in [3.63, 3.8) is 0 Å². The maximum atomic E-state index is 9.01. The van der Waals surface area contributed by atoms with Gasteiger partial charge in [-0.3, -0.25) is 0 Å². The quantitative estimate of drug-likeness (QED) is 0.757. The molecule has 1 aromatic rings. The Morgan fingerprint density at radius 2 is 2.00 bits per heavy atom. The van der Waals surface area contributed by atoms with Crippen LogP contribution in [-0.2, 0) is 0 Å². The zero-order valence-corrected chi connectivity index (χ0v) is 9.96. The average Bonchev–Trinajstić information content (AvgIpc) is 2.27. The van der Waals surface area contributed by atoms with Gasteiger partial charge in [0, 0.05) is 12.6 Å². The number of rotatable bonds is 5. The van der Waals surface area contributed by atoms with Gasteiger partial charge in [-0.15, -0.1) is 11.6 Å². The second-order valence-electron chi connectivity index (χ2n) is 4.08. The van der Waals surface area contributed by atoms with Gasteiger partial charge in [-0.05, 0) is 19.4 Å². The van der Waals surface area contributed by atoms with E-state index in [1.165, 1.54) is 5.56 Å². The van der Waals surface area contributed by atoms with Gasteiger partial charge in [0.05, 0.1) is 11.5 Å². The Morgan fingerprint density at radius 1 is 1.40 bits per heavy atom. The number of hydrogen-bond donors (Lipinski definition) is 2. The Bertz CT molecular complexity index is 287. The lowest BCUT2D eigenvalue weighted by molar-refractivity contribution is 0.246. The number of benzene rings is 1. The Hall–Kier alpha value is -0.570. The number of halogens is 1. The molecule has 2 N–H and O–H groups in total. The molecule has 0 aromatic heterocycles. The number of alkyl halides is 1. The molecule has 0 saturated heterocycles. The minimum atomic E-state index is -0.580. The summed E-state index contributed by atoms with van der Waals surface area (Å²) >= 11 is 6.04. The third-order valence-corrected chi connectivity index (χ3v) is 2.66. The Balaban J connectivity index is 2.47. The highest BCUT2D eigenvalue weighted by atomic mass is 35.5. The van der Waals surface area contributed by atoms with Crippen LogP contribution in [0.1, 0.15) is 25.5 Å². The molecule has 3 heteroatoms. The van der Waals surface area contributed by atoms with Crippen molar-refractivity contribution in [1.29, 1.82) is 0 Å². The summed E-state index contributed by atoms with van der Waals surface area (Å²) in [4.78, 5) is -0.580. The van der Waals surface area contributed by atoms with Crippen LogP contribution in [0.3, 0.4) is 0 Å². The molecule has 0 heterocycles. The summed E-state index contributed by atoms with van der Waals surface area (Å²) in [6.45, 7) is 4.46. The molecule has 15 heavy (non-hydrogen) atoms. The summed E-state index contributed by atoms with van der Waals surface area (Å²) in [6, 6.07) is 10.4. The van der Waals surface area contributed by atoms with E-state index >= 15 is 0 Å². The lowest BCUT2D eigenvalue weighted by Crippen LogP contribution is -2.37. The monoisotopic (exact) mass is 227 g/mol. The highest BCUT2D eigenvalue weighted by Gasteiger charge is 2.20. The molecule has 0 aliphatic heterocycles. The van der Waals surface area contributed by atoms with Gasteiger partial charge in [0.25, 0.3) is 0 Å². The van der Waals surface area contributed by atoms with Crippen molar-refractivity contribution in [3.8, 4) is 0 Å². The van der Waals surface area contributed by atoms with Gasteiger partial charge >= 0.3 is 0 Å². The highest BCUT2D eigenvalue weighted by molar-refractivity contribution is 6.24. The third-order valence-electron chi connectivity index (χ3n) is 2.41. The van der Waals surface area contributed by atoms with Crippen LogP contribution >= 0.6 is 11.6 Å². The predicted octanol–water partition coefficient (Wildman–Crippen LogP) is 2.33. The molecule has 84 valence electrons. The number of nitrogens with one attached hydrogen (secondary N) is 1. The maximum Gasteiger partial charge on any atom is 0.0772 e. The minimum absolute atomic E-state index is 0.0247. The molecule has 2 nitrogen and oxygen atoms in total. The Kier molecular flexibility index (Phi) is 4.58. The molecular formula is C12H18ClNO. The molecule has 0 aliphatic rings. The number of aliphatic hydroxyl groups is 1. The molecule has 0 radical (unpaired) electrons. The fraction of sp³-hybridized carbons (Fsp3) is 0.500. The molecule has 1 rings (SSSR count). The molecule has 1 aromatic carbocycles. The molecule has 0 saturated carbocycles. The van der Waals surface area contributed by atoms with Crippen molar-refractivity contribution in [1.82, 2.24) is 5.32 Å². The van der Waals surface area contributed by atoms with Gasteiger partial charge in [0.15, 0.2) is 0 Å². The molecule has 1 unspecified atom stereocenters. The summed E-state index contributed by atoms with van der Waals surface area (Å²) < 4.78 is 0. The minimum Gasteiger partial charge on any atom is -0.395 e. The van der Waals surface area contributed by atoms with E-state index in [-0.39, 0.29) is 12.6 Å². The van der Waals surface area contributed by atoms with Crippen LogP contribution in [0.5, 0.6) is 0 Å². The fourth-order valence-corrected chi connectivity index (χ4v) is 1.36. The van der Waals surface area contributed by atoms with Crippen LogP contribution < -0.4 is 5.32 Å². The first-order valence-corrected chi connectivity index (χ1v) is 5.51. The standard InChI is InChI=1S/C12H18ClNO/c1-10(11-6-4-3-5-7-11)14-8-12(2,13)9-15/h3-7,10,14-15H,8-9H2,1-2H3/t10-,12?/m1/s1.